The quantitative estimate of drug-likeness (QED) is 0.674. The van der Waals surface area contributed by atoms with Crippen LogP contribution in [0.25, 0.3) is 0 Å². The Morgan fingerprint density at radius 1 is 1.71 bits per heavy atom. The van der Waals surface area contributed by atoms with Gasteiger partial charge in [0.25, 0.3) is 5.22 Å². The van der Waals surface area contributed by atoms with Gasteiger partial charge in [-0.2, -0.15) is 0 Å². The number of nitrogens with one attached hydrogen (secondary N) is 1. The molecule has 1 heterocycles. The molecule has 0 saturated carbocycles. The molecule has 7 heteroatoms. The lowest BCUT2D eigenvalue weighted by atomic mass is 10.4. The van der Waals surface area contributed by atoms with Crippen LogP contribution >= 0.6 is 11.8 Å². The van der Waals surface area contributed by atoms with E-state index in [-0.39, 0.29) is 17.7 Å². The van der Waals surface area contributed by atoms with E-state index in [1.807, 2.05) is 0 Å². The molecule has 1 unspecified atom stereocenters. The molecule has 0 aliphatic carbocycles. The molecule has 1 aromatic heterocycles. The minimum Gasteiger partial charge on any atom is -0.415 e. The van der Waals surface area contributed by atoms with Crippen molar-refractivity contribution in [1.82, 2.24) is 15.5 Å². The summed E-state index contributed by atoms with van der Waals surface area (Å²) in [5, 5.41) is 10.0. The molecule has 0 aromatic carbocycles. The third-order valence-electron chi connectivity index (χ3n) is 1.52. The third kappa shape index (κ3) is 2.71. The summed E-state index contributed by atoms with van der Waals surface area (Å²) in [6, 6.07) is 0. The Labute approximate surface area is 85.6 Å². The molecular formula is C7H12N4O2S. The first-order chi connectivity index (χ1) is 6.67. The first kappa shape index (κ1) is 11.0. The SMILES string of the molecule is CNC(=O)C(C)Sc1nnc(CN)o1. The van der Waals surface area contributed by atoms with Gasteiger partial charge in [0.2, 0.25) is 11.8 Å². The predicted molar refractivity (Wildman–Crippen MR) is 51.6 cm³/mol. The van der Waals surface area contributed by atoms with Crippen molar-refractivity contribution in [2.45, 2.75) is 23.9 Å². The van der Waals surface area contributed by atoms with Gasteiger partial charge >= 0.3 is 0 Å². The number of carbonyl (C=O) groups excluding carboxylic acids is 1. The standard InChI is InChI=1S/C7H12N4O2S/c1-4(6(12)9-2)14-7-11-10-5(3-8)13-7/h4H,3,8H2,1-2H3,(H,9,12). The van der Waals surface area contributed by atoms with Crippen LogP contribution in [0.2, 0.25) is 0 Å². The Kier molecular flexibility index (Phi) is 3.90. The number of hydrogen-bond acceptors (Lipinski definition) is 6. The summed E-state index contributed by atoms with van der Waals surface area (Å²) in [6.45, 7) is 1.97. The fraction of sp³-hybridized carbons (Fsp3) is 0.571. The Bertz CT molecular complexity index is 314. The predicted octanol–water partition coefficient (Wildman–Crippen LogP) is -0.245. The summed E-state index contributed by atoms with van der Waals surface area (Å²) in [5.74, 6) is 0.291. The van der Waals surface area contributed by atoms with Crippen LogP contribution in [0, 0.1) is 0 Å². The molecule has 0 aliphatic heterocycles. The Hall–Kier alpha value is -1.08. The van der Waals surface area contributed by atoms with Crippen molar-refractivity contribution in [3.05, 3.63) is 5.89 Å². The van der Waals surface area contributed by atoms with E-state index < -0.39 is 0 Å². The van der Waals surface area contributed by atoms with E-state index in [4.69, 9.17) is 10.2 Å². The summed E-state index contributed by atoms with van der Waals surface area (Å²) in [5.41, 5.74) is 5.30. The molecule has 0 fully saturated rings. The van der Waals surface area contributed by atoms with E-state index in [9.17, 15) is 4.79 Å². The van der Waals surface area contributed by atoms with Gasteiger partial charge in [0.1, 0.15) is 0 Å². The van der Waals surface area contributed by atoms with Gasteiger partial charge in [0.15, 0.2) is 0 Å². The van der Waals surface area contributed by atoms with Gasteiger partial charge in [0, 0.05) is 7.05 Å². The van der Waals surface area contributed by atoms with Crippen LogP contribution in [0.4, 0.5) is 0 Å². The highest BCUT2D eigenvalue weighted by molar-refractivity contribution is 8.00. The van der Waals surface area contributed by atoms with Crippen molar-refractivity contribution in [1.29, 1.82) is 0 Å². The maximum atomic E-state index is 11.1. The highest BCUT2D eigenvalue weighted by Crippen LogP contribution is 2.21. The molecule has 1 atom stereocenters. The minimum absolute atomic E-state index is 0.0810. The summed E-state index contributed by atoms with van der Waals surface area (Å²) < 4.78 is 5.13. The van der Waals surface area contributed by atoms with Crippen molar-refractivity contribution in [2.24, 2.45) is 5.73 Å². The number of hydrogen-bond donors (Lipinski definition) is 2. The van der Waals surface area contributed by atoms with Crippen LogP contribution in [0.1, 0.15) is 12.8 Å². The molecule has 3 N–H and O–H groups in total. The first-order valence-corrected chi connectivity index (χ1v) is 4.96. The maximum absolute atomic E-state index is 11.1. The van der Waals surface area contributed by atoms with Crippen LogP contribution in [0.5, 0.6) is 0 Å². The molecule has 6 nitrogen and oxygen atoms in total. The van der Waals surface area contributed by atoms with E-state index >= 15 is 0 Å². The van der Waals surface area contributed by atoms with Crippen molar-refractivity contribution in [2.75, 3.05) is 7.05 Å². The Morgan fingerprint density at radius 3 is 2.93 bits per heavy atom. The van der Waals surface area contributed by atoms with Gasteiger partial charge in [-0.1, -0.05) is 11.8 Å². The number of rotatable bonds is 4. The highest BCUT2D eigenvalue weighted by Gasteiger charge is 2.16. The van der Waals surface area contributed by atoms with Crippen LogP contribution in [0.3, 0.4) is 0 Å². The van der Waals surface area contributed by atoms with Crippen molar-refractivity contribution >= 4 is 17.7 Å². The van der Waals surface area contributed by atoms with E-state index in [1.165, 1.54) is 11.8 Å². The van der Waals surface area contributed by atoms with Crippen molar-refractivity contribution < 1.29 is 9.21 Å². The second kappa shape index (κ2) is 4.97. The van der Waals surface area contributed by atoms with Crippen LogP contribution in [-0.2, 0) is 11.3 Å². The van der Waals surface area contributed by atoms with Gasteiger partial charge in [-0.05, 0) is 6.92 Å². The fourth-order valence-corrected chi connectivity index (χ4v) is 1.54. The van der Waals surface area contributed by atoms with E-state index in [0.29, 0.717) is 11.1 Å². The summed E-state index contributed by atoms with van der Waals surface area (Å²) in [6.07, 6.45) is 0. The van der Waals surface area contributed by atoms with Crippen molar-refractivity contribution in [3.63, 3.8) is 0 Å². The second-order valence-corrected chi connectivity index (χ2v) is 3.83. The zero-order valence-corrected chi connectivity index (χ0v) is 8.80. The summed E-state index contributed by atoms with van der Waals surface area (Å²) >= 11 is 1.20. The molecule has 0 aliphatic rings. The molecule has 1 rings (SSSR count). The maximum Gasteiger partial charge on any atom is 0.277 e. The smallest absolute Gasteiger partial charge is 0.277 e. The van der Waals surface area contributed by atoms with Crippen molar-refractivity contribution in [3.8, 4) is 0 Å². The number of thioether (sulfide) groups is 1. The molecule has 78 valence electrons. The van der Waals surface area contributed by atoms with Gasteiger partial charge in [-0.3, -0.25) is 4.79 Å². The van der Waals surface area contributed by atoms with E-state index in [2.05, 4.69) is 15.5 Å². The highest BCUT2D eigenvalue weighted by atomic mass is 32.2. The zero-order chi connectivity index (χ0) is 10.6. The average Bonchev–Trinajstić information content (AvgIpc) is 2.64. The lowest BCUT2D eigenvalue weighted by molar-refractivity contribution is -0.119. The molecule has 14 heavy (non-hydrogen) atoms. The van der Waals surface area contributed by atoms with Gasteiger partial charge < -0.3 is 15.5 Å². The first-order valence-electron chi connectivity index (χ1n) is 4.08. The average molecular weight is 216 g/mol. The normalized spacial score (nSPS) is 12.5. The summed E-state index contributed by atoms with van der Waals surface area (Å²) in [7, 11) is 1.58. The molecule has 0 bridgehead atoms. The van der Waals surface area contributed by atoms with Crippen LogP contribution in [-0.4, -0.2) is 28.4 Å². The monoisotopic (exact) mass is 216 g/mol. The van der Waals surface area contributed by atoms with Crippen LogP contribution in [0.15, 0.2) is 9.64 Å². The molecule has 0 saturated heterocycles. The lowest BCUT2D eigenvalue weighted by Crippen LogP contribution is -2.27. The van der Waals surface area contributed by atoms with Gasteiger partial charge in [0.05, 0.1) is 11.8 Å². The van der Waals surface area contributed by atoms with Gasteiger partial charge in [-0.25, -0.2) is 0 Å². The molecule has 0 spiro atoms. The molecule has 1 aromatic rings. The molecule has 1 amide bonds. The zero-order valence-electron chi connectivity index (χ0n) is 7.98. The van der Waals surface area contributed by atoms with Crippen LogP contribution < -0.4 is 11.1 Å². The fourth-order valence-electron chi connectivity index (χ4n) is 0.776. The van der Waals surface area contributed by atoms with E-state index in [1.54, 1.807) is 14.0 Å². The lowest BCUT2D eigenvalue weighted by Gasteiger charge is -2.04. The largest absolute Gasteiger partial charge is 0.415 e. The molecule has 0 radical (unpaired) electrons. The second-order valence-electron chi connectivity index (χ2n) is 2.54. The number of aromatic nitrogens is 2. The summed E-state index contributed by atoms with van der Waals surface area (Å²) in [4.78, 5) is 11.1. The Balaban J connectivity index is 2.55. The number of amides is 1. The van der Waals surface area contributed by atoms with E-state index in [0.717, 1.165) is 0 Å². The number of nitrogens with zero attached hydrogens (tertiary/aromatic N) is 2. The number of nitrogens with two attached hydrogens (primary N) is 1. The number of carbonyl (C=O) groups is 1. The minimum atomic E-state index is -0.258. The Morgan fingerprint density at radius 2 is 2.43 bits per heavy atom. The topological polar surface area (TPSA) is 94.0 Å². The molecular weight excluding hydrogens is 204 g/mol. The van der Waals surface area contributed by atoms with Gasteiger partial charge in [-0.15, -0.1) is 10.2 Å². The third-order valence-corrected chi connectivity index (χ3v) is 2.45.